The fraction of sp³-hybridized carbons (Fsp3) is 0.385. The van der Waals surface area contributed by atoms with Crippen molar-refractivity contribution in [3.63, 3.8) is 0 Å². The zero-order chi connectivity index (χ0) is 14.9. The molecule has 1 aromatic heterocycles. The third-order valence-corrected chi connectivity index (χ3v) is 3.57. The van der Waals surface area contributed by atoms with E-state index in [4.69, 9.17) is 10.5 Å². The lowest BCUT2D eigenvalue weighted by molar-refractivity contribution is -0.121. The second-order valence-corrected chi connectivity index (χ2v) is 5.17. The number of anilines is 1. The number of nitrogens with one attached hydrogen (secondary N) is 1. The largest absolute Gasteiger partial charge is 0.379 e. The van der Waals surface area contributed by atoms with Crippen molar-refractivity contribution >= 4 is 11.6 Å². The van der Waals surface area contributed by atoms with Gasteiger partial charge in [-0.05, 0) is 41.5 Å². The summed E-state index contributed by atoms with van der Waals surface area (Å²) in [6.45, 7) is 2.69. The van der Waals surface area contributed by atoms with Crippen LogP contribution in [0.3, 0.4) is 0 Å². The van der Waals surface area contributed by atoms with Gasteiger partial charge in [-0.15, -0.1) is 5.10 Å². The van der Waals surface area contributed by atoms with Crippen molar-refractivity contribution in [1.82, 2.24) is 20.2 Å². The molecular weight excluding hydrogens is 272 g/mol. The molecule has 1 fully saturated rings. The van der Waals surface area contributed by atoms with Gasteiger partial charge in [0.05, 0.1) is 12.3 Å². The van der Waals surface area contributed by atoms with Crippen molar-refractivity contribution < 1.29 is 9.53 Å². The van der Waals surface area contributed by atoms with Crippen LogP contribution in [0.4, 0.5) is 5.69 Å². The van der Waals surface area contributed by atoms with Crippen LogP contribution in [0, 0.1) is 6.92 Å². The number of carbonyl (C=O) groups excluding carboxylic acids is 1. The number of hydrogen-bond acceptors (Lipinski definition) is 6. The third-order valence-electron chi connectivity index (χ3n) is 3.57. The maximum atomic E-state index is 12.3. The number of amides is 1. The van der Waals surface area contributed by atoms with Gasteiger partial charge in [0.2, 0.25) is 5.91 Å². The van der Waals surface area contributed by atoms with E-state index in [0.717, 1.165) is 11.3 Å². The summed E-state index contributed by atoms with van der Waals surface area (Å²) in [4.78, 5) is 12.3. The first kappa shape index (κ1) is 13.7. The number of benzene rings is 1. The average Bonchev–Trinajstić information content (AvgIpc) is 3.13. The first-order valence-corrected chi connectivity index (χ1v) is 6.61. The van der Waals surface area contributed by atoms with E-state index in [9.17, 15) is 4.79 Å². The van der Waals surface area contributed by atoms with Crippen LogP contribution < -0.4 is 11.1 Å². The molecule has 0 saturated carbocycles. The SMILES string of the molecule is Cc1ccc(NC(=O)C2(N)CCOC2)cc1-n1cnnn1. The molecule has 0 radical (unpaired) electrons. The van der Waals surface area contributed by atoms with Gasteiger partial charge in [-0.25, -0.2) is 4.68 Å². The lowest BCUT2D eigenvalue weighted by Gasteiger charge is -2.21. The van der Waals surface area contributed by atoms with E-state index in [1.54, 1.807) is 4.68 Å². The number of aromatic nitrogens is 4. The van der Waals surface area contributed by atoms with Gasteiger partial charge in [0.25, 0.3) is 0 Å². The number of nitrogens with zero attached hydrogens (tertiary/aromatic N) is 4. The second kappa shape index (κ2) is 5.23. The minimum Gasteiger partial charge on any atom is -0.379 e. The highest BCUT2D eigenvalue weighted by molar-refractivity contribution is 5.98. The molecule has 1 unspecified atom stereocenters. The normalized spacial score (nSPS) is 21.4. The number of carbonyl (C=O) groups is 1. The molecule has 1 aliphatic rings. The van der Waals surface area contributed by atoms with Gasteiger partial charge < -0.3 is 15.8 Å². The van der Waals surface area contributed by atoms with Gasteiger partial charge in [0, 0.05) is 12.3 Å². The molecule has 8 nitrogen and oxygen atoms in total. The predicted octanol–water partition coefficient (Wildman–Crippen LogP) is 0.0270. The molecule has 1 amide bonds. The lowest BCUT2D eigenvalue weighted by atomic mass is 9.99. The van der Waals surface area contributed by atoms with E-state index >= 15 is 0 Å². The van der Waals surface area contributed by atoms with Gasteiger partial charge in [0.1, 0.15) is 11.9 Å². The van der Waals surface area contributed by atoms with Crippen molar-refractivity contribution in [3.8, 4) is 5.69 Å². The highest BCUT2D eigenvalue weighted by atomic mass is 16.5. The quantitative estimate of drug-likeness (QED) is 0.824. The van der Waals surface area contributed by atoms with Crippen LogP contribution in [-0.4, -0.2) is 44.9 Å². The Bertz CT molecular complexity index is 649. The van der Waals surface area contributed by atoms with Crippen LogP contribution in [0.25, 0.3) is 5.69 Å². The van der Waals surface area contributed by atoms with Crippen LogP contribution in [0.2, 0.25) is 0 Å². The highest BCUT2D eigenvalue weighted by Gasteiger charge is 2.38. The molecule has 0 bridgehead atoms. The van der Waals surface area contributed by atoms with Gasteiger partial charge in [-0.1, -0.05) is 6.07 Å². The Balaban J connectivity index is 1.83. The Hall–Kier alpha value is -2.32. The number of aryl methyl sites for hydroxylation is 1. The summed E-state index contributed by atoms with van der Waals surface area (Å²) in [5.74, 6) is -0.244. The highest BCUT2D eigenvalue weighted by Crippen LogP contribution is 2.21. The Labute approximate surface area is 121 Å². The molecule has 21 heavy (non-hydrogen) atoms. The Morgan fingerprint density at radius 3 is 3.05 bits per heavy atom. The maximum Gasteiger partial charge on any atom is 0.246 e. The molecule has 0 spiro atoms. The van der Waals surface area contributed by atoms with E-state index in [1.807, 2.05) is 25.1 Å². The summed E-state index contributed by atoms with van der Waals surface area (Å²) in [7, 11) is 0. The number of rotatable bonds is 3. The summed E-state index contributed by atoms with van der Waals surface area (Å²) >= 11 is 0. The Kier molecular flexibility index (Phi) is 3.40. The van der Waals surface area contributed by atoms with Crippen LogP contribution >= 0.6 is 0 Å². The molecule has 110 valence electrons. The van der Waals surface area contributed by atoms with Crippen LogP contribution in [0.5, 0.6) is 0 Å². The standard InChI is InChI=1S/C13H16N6O2/c1-9-2-3-10(6-11(9)19-8-15-17-18-19)16-12(20)13(14)4-5-21-7-13/h2-3,6,8H,4-5,7,14H2,1H3,(H,16,20). The van der Waals surface area contributed by atoms with Gasteiger partial charge in [0.15, 0.2) is 0 Å². The van der Waals surface area contributed by atoms with E-state index in [2.05, 4.69) is 20.8 Å². The van der Waals surface area contributed by atoms with E-state index in [-0.39, 0.29) is 12.5 Å². The van der Waals surface area contributed by atoms with Crippen molar-refractivity contribution in [2.24, 2.45) is 5.73 Å². The zero-order valence-electron chi connectivity index (χ0n) is 11.6. The minimum absolute atomic E-state index is 0.241. The van der Waals surface area contributed by atoms with Crippen molar-refractivity contribution in [2.45, 2.75) is 18.9 Å². The molecular formula is C13H16N6O2. The van der Waals surface area contributed by atoms with Gasteiger partial charge >= 0.3 is 0 Å². The van der Waals surface area contributed by atoms with Crippen molar-refractivity contribution in [1.29, 1.82) is 0 Å². The topological polar surface area (TPSA) is 108 Å². The molecule has 3 rings (SSSR count). The number of tetrazole rings is 1. The van der Waals surface area contributed by atoms with Crippen molar-refractivity contribution in [3.05, 3.63) is 30.1 Å². The summed E-state index contributed by atoms with van der Waals surface area (Å²) in [5.41, 5.74) is 7.52. The second-order valence-electron chi connectivity index (χ2n) is 5.17. The fourth-order valence-electron chi connectivity index (χ4n) is 2.22. The molecule has 8 heteroatoms. The van der Waals surface area contributed by atoms with Crippen molar-refractivity contribution in [2.75, 3.05) is 18.5 Å². The molecule has 3 N–H and O–H groups in total. The van der Waals surface area contributed by atoms with Crippen LogP contribution in [-0.2, 0) is 9.53 Å². The van der Waals surface area contributed by atoms with Crippen LogP contribution in [0.1, 0.15) is 12.0 Å². The molecule has 2 aromatic rings. The molecule has 1 aromatic carbocycles. The number of ether oxygens (including phenoxy) is 1. The zero-order valence-corrected chi connectivity index (χ0v) is 11.6. The Morgan fingerprint density at radius 2 is 2.38 bits per heavy atom. The number of hydrogen-bond donors (Lipinski definition) is 2. The Morgan fingerprint density at radius 1 is 1.52 bits per heavy atom. The monoisotopic (exact) mass is 288 g/mol. The smallest absolute Gasteiger partial charge is 0.246 e. The molecule has 1 aliphatic heterocycles. The minimum atomic E-state index is -0.958. The predicted molar refractivity (Wildman–Crippen MR) is 74.9 cm³/mol. The van der Waals surface area contributed by atoms with Crippen LogP contribution in [0.15, 0.2) is 24.5 Å². The maximum absolute atomic E-state index is 12.3. The molecule has 0 aliphatic carbocycles. The fourth-order valence-corrected chi connectivity index (χ4v) is 2.22. The van der Waals surface area contributed by atoms with E-state index < -0.39 is 5.54 Å². The van der Waals surface area contributed by atoms with E-state index in [1.165, 1.54) is 6.33 Å². The summed E-state index contributed by atoms with van der Waals surface area (Å²) in [5, 5.41) is 13.9. The summed E-state index contributed by atoms with van der Waals surface area (Å²) in [6, 6.07) is 5.52. The molecule has 2 heterocycles. The summed E-state index contributed by atoms with van der Waals surface area (Å²) < 4.78 is 6.75. The molecule has 1 saturated heterocycles. The lowest BCUT2D eigenvalue weighted by Crippen LogP contribution is -2.51. The average molecular weight is 288 g/mol. The molecule has 1 atom stereocenters. The van der Waals surface area contributed by atoms with Gasteiger partial charge in [-0.2, -0.15) is 0 Å². The third kappa shape index (κ3) is 2.63. The van der Waals surface area contributed by atoms with E-state index in [0.29, 0.717) is 18.7 Å². The number of nitrogens with two attached hydrogens (primary N) is 1. The first-order valence-electron chi connectivity index (χ1n) is 6.61. The first-order chi connectivity index (χ1) is 10.1. The van der Waals surface area contributed by atoms with Gasteiger partial charge in [-0.3, -0.25) is 4.79 Å². The summed E-state index contributed by atoms with van der Waals surface area (Å²) in [6.07, 6.45) is 2.02.